The number of hydrogen-bond acceptors (Lipinski definition) is 3. The van der Waals surface area contributed by atoms with Gasteiger partial charge in [0.1, 0.15) is 11.3 Å². The van der Waals surface area contributed by atoms with Crippen LogP contribution in [0.3, 0.4) is 0 Å². The van der Waals surface area contributed by atoms with Gasteiger partial charge >= 0.3 is 6.18 Å². The van der Waals surface area contributed by atoms with Crippen molar-refractivity contribution in [2.24, 2.45) is 0 Å². The summed E-state index contributed by atoms with van der Waals surface area (Å²) < 4.78 is 36.0. The first kappa shape index (κ1) is 9.50. The highest BCUT2D eigenvalue weighted by Gasteiger charge is 2.34. The van der Waals surface area contributed by atoms with Crippen molar-refractivity contribution < 1.29 is 28.5 Å². The number of phenolic OH excluding ortho intramolecular Hbond substituents is 3. The first-order chi connectivity index (χ1) is 5.82. The Kier molecular flexibility index (Phi) is 1.99. The van der Waals surface area contributed by atoms with Gasteiger partial charge in [-0.05, 0) is 6.07 Å². The molecule has 0 spiro atoms. The van der Waals surface area contributed by atoms with Crippen molar-refractivity contribution in [1.82, 2.24) is 0 Å². The molecule has 13 heavy (non-hydrogen) atoms. The van der Waals surface area contributed by atoms with Crippen LogP contribution in [0.25, 0.3) is 0 Å². The summed E-state index contributed by atoms with van der Waals surface area (Å²) in [5.41, 5.74) is -1.39. The van der Waals surface area contributed by atoms with E-state index in [9.17, 15) is 13.2 Å². The summed E-state index contributed by atoms with van der Waals surface area (Å²) in [7, 11) is 0. The fraction of sp³-hybridized carbons (Fsp3) is 0.143. The molecule has 6 heteroatoms. The molecule has 0 fully saturated rings. The smallest absolute Gasteiger partial charge is 0.420 e. The predicted octanol–water partition coefficient (Wildman–Crippen LogP) is 1.82. The van der Waals surface area contributed by atoms with E-state index < -0.39 is 29.0 Å². The lowest BCUT2D eigenvalue weighted by Gasteiger charge is -2.09. The summed E-state index contributed by atoms with van der Waals surface area (Å²) in [4.78, 5) is 0. The summed E-state index contributed by atoms with van der Waals surface area (Å²) in [6.45, 7) is 0. The zero-order chi connectivity index (χ0) is 10.2. The molecule has 0 saturated heterocycles. The Morgan fingerprint density at radius 2 is 1.31 bits per heavy atom. The van der Waals surface area contributed by atoms with Gasteiger partial charge in [0, 0.05) is 6.07 Å². The van der Waals surface area contributed by atoms with E-state index in [2.05, 4.69) is 0 Å². The van der Waals surface area contributed by atoms with Crippen LogP contribution in [0.15, 0.2) is 12.1 Å². The number of aromatic hydroxyl groups is 3. The molecular formula is C7H5F3O3. The predicted molar refractivity (Wildman–Crippen MR) is 36.4 cm³/mol. The van der Waals surface area contributed by atoms with E-state index in [0.717, 1.165) is 0 Å². The molecule has 1 rings (SSSR count). The molecule has 0 saturated carbocycles. The Balaban J connectivity index is 3.32. The third-order valence-corrected chi connectivity index (χ3v) is 1.40. The molecule has 0 aromatic heterocycles. The molecule has 0 unspecified atom stereocenters. The summed E-state index contributed by atoms with van der Waals surface area (Å²) in [6, 6.07) is 0.683. The minimum atomic E-state index is -4.75. The van der Waals surface area contributed by atoms with E-state index in [0.29, 0.717) is 6.07 Å². The van der Waals surface area contributed by atoms with Gasteiger partial charge < -0.3 is 15.3 Å². The molecule has 0 aliphatic carbocycles. The van der Waals surface area contributed by atoms with Crippen LogP contribution in [0.4, 0.5) is 13.2 Å². The van der Waals surface area contributed by atoms with Crippen LogP contribution in [-0.4, -0.2) is 15.3 Å². The maximum Gasteiger partial charge on any atom is 0.420 e. The maximum atomic E-state index is 12.0. The van der Waals surface area contributed by atoms with Crippen LogP contribution in [0.2, 0.25) is 0 Å². The van der Waals surface area contributed by atoms with E-state index in [1.54, 1.807) is 0 Å². The Bertz CT molecular complexity index is 332. The van der Waals surface area contributed by atoms with E-state index in [4.69, 9.17) is 15.3 Å². The minimum absolute atomic E-state index is 0.255. The van der Waals surface area contributed by atoms with Gasteiger partial charge in [0.05, 0.1) is 0 Å². The van der Waals surface area contributed by atoms with Gasteiger partial charge in [0.15, 0.2) is 11.5 Å². The van der Waals surface area contributed by atoms with E-state index >= 15 is 0 Å². The second-order valence-electron chi connectivity index (χ2n) is 2.36. The van der Waals surface area contributed by atoms with Gasteiger partial charge in [-0.2, -0.15) is 13.2 Å². The van der Waals surface area contributed by atoms with Gasteiger partial charge in [0.25, 0.3) is 0 Å². The average Bonchev–Trinajstić information content (AvgIpc) is 1.94. The van der Waals surface area contributed by atoms with Crippen molar-refractivity contribution in [3.05, 3.63) is 17.7 Å². The van der Waals surface area contributed by atoms with E-state index in [1.807, 2.05) is 0 Å². The molecular weight excluding hydrogens is 189 g/mol. The Morgan fingerprint density at radius 1 is 0.846 bits per heavy atom. The Labute approximate surface area is 70.7 Å². The molecule has 3 nitrogen and oxygen atoms in total. The standard InChI is InChI=1S/C7H5F3O3/c8-7(9,10)3-1-5(12)6(13)2-4(3)11/h1-2,11-13H. The zero-order valence-corrected chi connectivity index (χ0v) is 6.13. The highest BCUT2D eigenvalue weighted by Crippen LogP contribution is 2.41. The largest absolute Gasteiger partial charge is 0.507 e. The number of halogens is 3. The van der Waals surface area contributed by atoms with Crippen molar-refractivity contribution in [1.29, 1.82) is 0 Å². The zero-order valence-electron chi connectivity index (χ0n) is 6.13. The number of hydrogen-bond donors (Lipinski definition) is 3. The van der Waals surface area contributed by atoms with Crippen LogP contribution in [0.5, 0.6) is 17.2 Å². The van der Waals surface area contributed by atoms with Crippen molar-refractivity contribution in [2.75, 3.05) is 0 Å². The number of rotatable bonds is 0. The summed E-state index contributed by atoms with van der Waals surface area (Å²) in [5, 5.41) is 26.2. The molecule has 1 aromatic rings. The Morgan fingerprint density at radius 3 is 1.77 bits per heavy atom. The average molecular weight is 194 g/mol. The normalized spacial score (nSPS) is 11.6. The molecule has 0 aliphatic heterocycles. The summed E-state index contributed by atoms with van der Waals surface area (Å²) in [6.07, 6.45) is -4.75. The molecule has 0 aliphatic rings. The molecule has 1 aromatic carbocycles. The number of alkyl halides is 3. The van der Waals surface area contributed by atoms with Crippen molar-refractivity contribution in [3.8, 4) is 17.2 Å². The van der Waals surface area contributed by atoms with Crippen LogP contribution in [-0.2, 0) is 6.18 Å². The van der Waals surface area contributed by atoms with Gasteiger partial charge in [0.2, 0.25) is 0 Å². The maximum absolute atomic E-state index is 12.0. The lowest BCUT2D eigenvalue weighted by Crippen LogP contribution is -2.04. The van der Waals surface area contributed by atoms with Gasteiger partial charge in [-0.25, -0.2) is 0 Å². The molecule has 72 valence electrons. The fourth-order valence-corrected chi connectivity index (χ4v) is 0.793. The Hall–Kier alpha value is -1.59. The minimum Gasteiger partial charge on any atom is -0.507 e. The van der Waals surface area contributed by atoms with Crippen LogP contribution < -0.4 is 0 Å². The topological polar surface area (TPSA) is 60.7 Å². The second-order valence-corrected chi connectivity index (χ2v) is 2.36. The monoisotopic (exact) mass is 194 g/mol. The SMILES string of the molecule is Oc1cc(O)c(C(F)(F)F)cc1O. The van der Waals surface area contributed by atoms with Crippen LogP contribution in [0.1, 0.15) is 5.56 Å². The van der Waals surface area contributed by atoms with Crippen LogP contribution >= 0.6 is 0 Å². The first-order valence-corrected chi connectivity index (χ1v) is 3.14. The van der Waals surface area contributed by atoms with Crippen LogP contribution in [0, 0.1) is 0 Å². The second kappa shape index (κ2) is 2.72. The fourth-order valence-electron chi connectivity index (χ4n) is 0.793. The number of benzene rings is 1. The third-order valence-electron chi connectivity index (χ3n) is 1.40. The molecule has 0 radical (unpaired) electrons. The lowest BCUT2D eigenvalue weighted by atomic mass is 10.1. The molecule has 0 bridgehead atoms. The van der Waals surface area contributed by atoms with Crippen molar-refractivity contribution in [2.45, 2.75) is 6.18 Å². The summed E-state index contributed by atoms with van der Waals surface area (Å²) in [5.74, 6) is -2.85. The van der Waals surface area contributed by atoms with Gasteiger partial charge in [-0.1, -0.05) is 0 Å². The van der Waals surface area contributed by atoms with Crippen molar-refractivity contribution in [3.63, 3.8) is 0 Å². The number of phenols is 3. The molecule has 0 atom stereocenters. The van der Waals surface area contributed by atoms with Gasteiger partial charge in [-0.3, -0.25) is 0 Å². The third kappa shape index (κ3) is 1.77. The molecule has 0 amide bonds. The highest BCUT2D eigenvalue weighted by atomic mass is 19.4. The highest BCUT2D eigenvalue weighted by molar-refractivity contribution is 5.49. The molecule has 3 N–H and O–H groups in total. The lowest BCUT2D eigenvalue weighted by molar-refractivity contribution is -0.138. The van der Waals surface area contributed by atoms with Gasteiger partial charge in [-0.15, -0.1) is 0 Å². The first-order valence-electron chi connectivity index (χ1n) is 3.14. The molecule has 0 heterocycles. The van der Waals surface area contributed by atoms with Crippen molar-refractivity contribution >= 4 is 0 Å². The van der Waals surface area contributed by atoms with E-state index in [1.165, 1.54) is 0 Å². The quantitative estimate of drug-likeness (QED) is 0.436. The summed E-state index contributed by atoms with van der Waals surface area (Å²) >= 11 is 0. The van der Waals surface area contributed by atoms with E-state index in [-0.39, 0.29) is 6.07 Å².